The number of ether oxygens (including phenoxy) is 2. The van der Waals surface area contributed by atoms with Crippen molar-refractivity contribution >= 4 is 58.2 Å². The van der Waals surface area contributed by atoms with Crippen molar-refractivity contribution in [2.45, 2.75) is 59.9 Å². The highest BCUT2D eigenvalue weighted by Gasteiger charge is 2.50. The van der Waals surface area contributed by atoms with Gasteiger partial charge in [0.15, 0.2) is 16.8 Å². The van der Waals surface area contributed by atoms with Crippen LogP contribution in [0.4, 0.5) is 8.63 Å². The van der Waals surface area contributed by atoms with Crippen LogP contribution in [0.3, 0.4) is 0 Å². The Morgan fingerprint density at radius 1 is 0.932 bits per heavy atom. The highest BCUT2D eigenvalue weighted by atomic mass is 19.2. The van der Waals surface area contributed by atoms with Crippen molar-refractivity contribution in [2.24, 2.45) is 4.99 Å². The maximum absolute atomic E-state index is 15.7. The second kappa shape index (κ2) is 15.1. The van der Waals surface area contributed by atoms with Gasteiger partial charge in [0.05, 0.1) is 41.7 Å². The first-order valence-corrected chi connectivity index (χ1v) is 19.1. The van der Waals surface area contributed by atoms with Crippen molar-refractivity contribution in [3.8, 4) is 11.5 Å². The van der Waals surface area contributed by atoms with Gasteiger partial charge >= 0.3 is 18.9 Å². The van der Waals surface area contributed by atoms with Gasteiger partial charge in [0.25, 0.3) is 5.82 Å². The summed E-state index contributed by atoms with van der Waals surface area (Å²) in [6.45, 7) is 3.87. The molecule has 8 rings (SSSR count). The van der Waals surface area contributed by atoms with Gasteiger partial charge in [0.2, 0.25) is 0 Å². The van der Waals surface area contributed by atoms with Gasteiger partial charge in [-0.1, -0.05) is 17.3 Å². The second-order valence-electron chi connectivity index (χ2n) is 14.8. The molecule has 6 heterocycles. The minimum Gasteiger partial charge on any atom is -0.493 e. The Morgan fingerprint density at radius 3 is 2.46 bits per heavy atom. The molecule has 15 nitrogen and oxygen atoms in total. The molecule has 2 aliphatic rings. The number of aryl methyl sites for hydroxylation is 4. The number of aliphatic imine (C=N–C) groups is 1. The van der Waals surface area contributed by atoms with E-state index in [-0.39, 0.29) is 46.0 Å². The molecular formula is C41H39BF2N8O7. The Balaban J connectivity index is 0.845. The highest BCUT2D eigenvalue weighted by Crippen LogP contribution is 2.42. The monoisotopic (exact) mass is 804 g/mol. The maximum Gasteiger partial charge on any atom is 0.639 e. The van der Waals surface area contributed by atoms with Crippen LogP contribution in [-0.4, -0.2) is 88.2 Å². The zero-order valence-corrected chi connectivity index (χ0v) is 32.6. The van der Waals surface area contributed by atoms with Crippen molar-refractivity contribution in [3.63, 3.8) is 0 Å². The van der Waals surface area contributed by atoms with Crippen molar-refractivity contribution in [2.75, 3.05) is 13.2 Å². The molecular weight excluding hydrogens is 765 g/mol. The Labute approximate surface area is 335 Å². The molecule has 0 fully saturated rings. The van der Waals surface area contributed by atoms with E-state index in [1.54, 1.807) is 37.6 Å². The molecule has 2 aliphatic heterocycles. The third-order valence-electron chi connectivity index (χ3n) is 10.6. The largest absolute Gasteiger partial charge is 0.639 e. The number of unbranched alkanes of at least 4 members (excludes halogenated alkanes) is 2. The van der Waals surface area contributed by atoms with Gasteiger partial charge in [-0.3, -0.25) is 4.79 Å². The number of carboxylic acids is 2. The summed E-state index contributed by atoms with van der Waals surface area (Å²) in [5, 5.41) is 28.3. The number of pyridine rings is 2. The molecule has 302 valence electrons. The van der Waals surface area contributed by atoms with Crippen LogP contribution >= 0.6 is 0 Å². The zero-order chi connectivity index (χ0) is 41.7. The number of carbonyl (C=O) groups is 2. The van der Waals surface area contributed by atoms with Crippen molar-refractivity contribution in [1.82, 2.24) is 29.4 Å². The van der Waals surface area contributed by atoms with Gasteiger partial charge < -0.3 is 42.3 Å². The lowest BCUT2D eigenvalue weighted by molar-refractivity contribution is -0.362. The lowest BCUT2D eigenvalue weighted by Crippen LogP contribution is -2.50. The molecule has 0 amide bonds. The third kappa shape index (κ3) is 7.14. The number of carboxylic acid groups (broad SMARTS) is 2. The van der Waals surface area contributed by atoms with E-state index in [1.165, 1.54) is 12.3 Å². The fraction of sp³-hybridized carbons (Fsp3) is 0.268. The molecule has 0 spiro atoms. The van der Waals surface area contributed by atoms with Crippen LogP contribution in [-0.2, 0) is 13.0 Å². The van der Waals surface area contributed by atoms with E-state index in [1.807, 2.05) is 37.4 Å². The van der Waals surface area contributed by atoms with Gasteiger partial charge in [-0.15, -0.1) is 5.10 Å². The third-order valence-corrected chi connectivity index (χ3v) is 10.6. The number of nitrogens with one attached hydrogen (secondary N) is 1. The quantitative estimate of drug-likeness (QED) is 0.0652. The van der Waals surface area contributed by atoms with Crippen molar-refractivity contribution in [1.29, 1.82) is 0 Å². The number of H-pyrrole nitrogens is 1. The van der Waals surface area contributed by atoms with E-state index < -0.39 is 24.3 Å². The van der Waals surface area contributed by atoms with Crippen LogP contribution in [0, 0.1) is 20.8 Å². The van der Waals surface area contributed by atoms with Crippen LogP contribution in [0.1, 0.15) is 80.9 Å². The minimum absolute atomic E-state index is 0.238. The van der Waals surface area contributed by atoms with Crippen molar-refractivity contribution < 1.29 is 42.4 Å². The molecule has 2 aromatic carbocycles. The van der Waals surface area contributed by atoms with Crippen LogP contribution < -0.4 is 14.9 Å². The van der Waals surface area contributed by atoms with Gasteiger partial charge in [0.1, 0.15) is 23.8 Å². The van der Waals surface area contributed by atoms with Crippen molar-refractivity contribution in [3.05, 3.63) is 116 Å². The number of aromatic carboxylic acids is 2. The smallest absolute Gasteiger partial charge is 0.493 e. The Kier molecular flexibility index (Phi) is 9.94. The van der Waals surface area contributed by atoms with E-state index in [2.05, 4.69) is 25.3 Å². The number of fused-ring (bicyclic) bond motifs is 4. The molecule has 0 radical (unpaired) electrons. The number of aromatic amines is 1. The summed E-state index contributed by atoms with van der Waals surface area (Å²) < 4.78 is 47.2. The summed E-state index contributed by atoms with van der Waals surface area (Å²) in [6.07, 6.45) is 6.20. The van der Waals surface area contributed by atoms with E-state index in [9.17, 15) is 24.6 Å². The van der Waals surface area contributed by atoms with Crippen LogP contribution in [0.2, 0.25) is 0 Å². The minimum atomic E-state index is -4.08. The predicted octanol–water partition coefficient (Wildman–Crippen LogP) is 6.17. The van der Waals surface area contributed by atoms with E-state index in [4.69, 9.17) is 9.47 Å². The molecule has 0 unspecified atom stereocenters. The number of nitrogens with zero attached hydrogens (tertiary/aromatic N) is 7. The van der Waals surface area contributed by atoms with Crippen LogP contribution in [0.25, 0.3) is 27.4 Å². The number of aromatic nitrogens is 6. The zero-order valence-electron chi connectivity index (χ0n) is 32.6. The average molecular weight is 805 g/mol. The van der Waals surface area contributed by atoms with E-state index in [0.717, 1.165) is 44.7 Å². The molecule has 6 aromatic rings. The molecule has 18 heteroatoms. The van der Waals surface area contributed by atoms with Gasteiger partial charge in [-0.05, 0) is 98.1 Å². The first-order valence-electron chi connectivity index (χ1n) is 19.1. The Hall–Kier alpha value is -6.98. The summed E-state index contributed by atoms with van der Waals surface area (Å²) in [4.78, 5) is 47.7. The number of hydrogen-bond donors (Lipinski definition) is 3. The molecule has 59 heavy (non-hydrogen) atoms. The first kappa shape index (κ1) is 38.9. The van der Waals surface area contributed by atoms with E-state index in [0.29, 0.717) is 65.4 Å². The molecule has 3 N–H and O–H groups in total. The number of hydrogen-bond acceptors (Lipinski definition) is 9. The molecule has 0 aliphatic carbocycles. The standard InChI is InChI=1S/C41H39BF2N8O7/c1-22-16-24(3)52-38(22)35(39-45-23(2)20-51(39)42(52,43)44)26-9-11-28(12-10-26)58-15-13-50-21-27(48-49-50)8-6-5-7-14-59-34-19-32(41(56)57)47-37-25(4)36-29(17-30(34)37)33(53)18-31(46-36)40(54)55/h9-12,16-21H,5-8,13-15H2,1-4H3,(H,46,53)(H,54,55)(H,56,57). The summed E-state index contributed by atoms with van der Waals surface area (Å²) >= 11 is 0. The lowest BCUT2D eigenvalue weighted by Gasteiger charge is -2.34. The Bertz CT molecular complexity index is 2880. The summed E-state index contributed by atoms with van der Waals surface area (Å²) in [6, 6.07) is 13.0. The van der Waals surface area contributed by atoms with Gasteiger partial charge in [-0.25, -0.2) is 19.3 Å². The fourth-order valence-corrected chi connectivity index (χ4v) is 7.85. The van der Waals surface area contributed by atoms with E-state index >= 15 is 8.63 Å². The SMILES string of the molecule is CC1=NC2=C(c3ccc(OCCn4cc(CCCCCOc5cc(C(=O)O)nc6c(C)c7[nH]c(C(=O)O)cc(=O)c7cc56)nn4)cc3)c3c(C)cc(C)n3[B-](F)(F)[N+]2=C1. The summed E-state index contributed by atoms with van der Waals surface area (Å²) in [5.74, 6) is -1.42. The topological polar surface area (TPSA) is 190 Å². The molecule has 4 aromatic heterocycles. The number of benzene rings is 2. The first-order chi connectivity index (χ1) is 28.2. The predicted molar refractivity (Wildman–Crippen MR) is 216 cm³/mol. The van der Waals surface area contributed by atoms with Gasteiger partial charge in [0, 0.05) is 41.7 Å². The molecule has 0 saturated carbocycles. The maximum atomic E-state index is 15.7. The lowest BCUT2D eigenvalue weighted by atomic mass is 9.87. The molecule has 0 atom stereocenters. The average Bonchev–Trinajstić information content (AvgIpc) is 3.90. The Morgan fingerprint density at radius 2 is 1.71 bits per heavy atom. The second-order valence-corrected chi connectivity index (χ2v) is 14.8. The number of halogens is 2. The molecule has 0 bridgehead atoms. The number of rotatable bonds is 14. The highest BCUT2D eigenvalue weighted by molar-refractivity contribution is 6.59. The molecule has 0 saturated heterocycles. The van der Waals surface area contributed by atoms with Crippen LogP contribution in [0.15, 0.2) is 70.3 Å². The normalized spacial score (nSPS) is 14.3. The summed E-state index contributed by atoms with van der Waals surface area (Å²) in [7, 11) is 0. The van der Waals surface area contributed by atoms with Crippen LogP contribution in [0.5, 0.6) is 11.5 Å². The summed E-state index contributed by atoms with van der Waals surface area (Å²) in [5.41, 5.74) is 4.40. The van der Waals surface area contributed by atoms with Gasteiger partial charge in [-0.2, -0.15) is 0 Å². The fourth-order valence-electron chi connectivity index (χ4n) is 7.85.